The molecule has 0 spiro atoms. The molecule has 0 aliphatic heterocycles. The minimum atomic E-state index is -0.511. The smallest absolute Gasteiger partial charge is 0.250 e. The van der Waals surface area contributed by atoms with Gasteiger partial charge in [0.1, 0.15) is 0 Å². The Morgan fingerprint density at radius 2 is 2.18 bits per heavy atom. The third kappa shape index (κ3) is 2.36. The number of nitrogens with two attached hydrogens (primary N) is 2. The lowest BCUT2D eigenvalue weighted by molar-refractivity contribution is 0.100. The third-order valence-corrected chi connectivity index (χ3v) is 2.29. The molecule has 1 heterocycles. The summed E-state index contributed by atoms with van der Waals surface area (Å²) in [5, 5.41) is 7.15. The molecule has 1 amide bonds. The number of aromatic nitrogens is 2. The minimum absolute atomic E-state index is 0.379. The molecule has 1 aromatic carbocycles. The Labute approximate surface area is 98.2 Å². The van der Waals surface area contributed by atoms with Crippen molar-refractivity contribution in [3.63, 3.8) is 0 Å². The predicted octanol–water partition coefficient (Wildman–Crippen LogP) is 0.845. The van der Waals surface area contributed by atoms with Gasteiger partial charge in [0.05, 0.1) is 11.3 Å². The lowest BCUT2D eigenvalue weighted by Gasteiger charge is -2.08. The van der Waals surface area contributed by atoms with Crippen LogP contribution in [0, 0.1) is 0 Å². The summed E-state index contributed by atoms with van der Waals surface area (Å²) in [6, 6.07) is 6.65. The SMILES string of the molecule is Cn1ccc(Nc2cc(N)ccc2C(N)=O)n1. The summed E-state index contributed by atoms with van der Waals surface area (Å²) in [5.74, 6) is 0.115. The number of rotatable bonds is 3. The first-order chi connectivity index (χ1) is 8.06. The van der Waals surface area contributed by atoms with Gasteiger partial charge in [-0.2, -0.15) is 5.10 Å². The maximum atomic E-state index is 11.2. The molecule has 0 aliphatic rings. The summed E-state index contributed by atoms with van der Waals surface area (Å²) >= 11 is 0. The fourth-order valence-corrected chi connectivity index (χ4v) is 1.50. The maximum absolute atomic E-state index is 11.2. The number of nitrogens with zero attached hydrogens (tertiary/aromatic N) is 2. The molecule has 1 aromatic heterocycles. The average Bonchev–Trinajstić information content (AvgIpc) is 2.63. The van der Waals surface area contributed by atoms with Crippen molar-refractivity contribution in [2.24, 2.45) is 12.8 Å². The highest BCUT2D eigenvalue weighted by molar-refractivity contribution is 5.99. The van der Waals surface area contributed by atoms with Gasteiger partial charge in [-0.1, -0.05) is 0 Å². The number of primary amides is 1. The van der Waals surface area contributed by atoms with Crippen LogP contribution < -0.4 is 16.8 Å². The number of carbonyl (C=O) groups is 1. The molecule has 0 unspecified atom stereocenters. The fraction of sp³-hybridized carbons (Fsp3) is 0.0909. The summed E-state index contributed by atoms with van der Waals surface area (Å²) in [6.45, 7) is 0. The molecule has 6 nitrogen and oxygen atoms in total. The number of anilines is 3. The van der Waals surface area contributed by atoms with Crippen LogP contribution in [0.25, 0.3) is 0 Å². The molecule has 2 aromatic rings. The number of amides is 1. The van der Waals surface area contributed by atoms with Crippen molar-refractivity contribution in [1.29, 1.82) is 0 Å². The van der Waals surface area contributed by atoms with Crippen molar-refractivity contribution in [2.75, 3.05) is 11.1 Å². The third-order valence-electron chi connectivity index (χ3n) is 2.29. The van der Waals surface area contributed by atoms with Crippen LogP contribution in [0.2, 0.25) is 0 Å². The van der Waals surface area contributed by atoms with E-state index >= 15 is 0 Å². The second-order valence-electron chi connectivity index (χ2n) is 3.67. The zero-order chi connectivity index (χ0) is 12.4. The molecule has 0 bridgehead atoms. The summed E-state index contributed by atoms with van der Waals surface area (Å²) in [5.41, 5.74) is 12.4. The second-order valence-corrected chi connectivity index (χ2v) is 3.67. The molecule has 0 aliphatic carbocycles. The molecule has 6 heteroatoms. The topological polar surface area (TPSA) is 99.0 Å². The van der Waals surface area contributed by atoms with Crippen molar-refractivity contribution >= 4 is 23.1 Å². The Morgan fingerprint density at radius 3 is 2.76 bits per heavy atom. The number of nitrogen functional groups attached to an aromatic ring is 1. The number of benzene rings is 1. The molecule has 17 heavy (non-hydrogen) atoms. The van der Waals surface area contributed by atoms with E-state index in [1.165, 1.54) is 0 Å². The lowest BCUT2D eigenvalue weighted by atomic mass is 10.1. The van der Waals surface area contributed by atoms with Crippen LogP contribution in [0.3, 0.4) is 0 Å². The monoisotopic (exact) mass is 231 g/mol. The van der Waals surface area contributed by atoms with E-state index in [-0.39, 0.29) is 0 Å². The highest BCUT2D eigenvalue weighted by Crippen LogP contribution is 2.22. The number of aryl methyl sites for hydroxylation is 1. The number of nitrogens with one attached hydrogen (secondary N) is 1. The van der Waals surface area contributed by atoms with Crippen LogP contribution in [0.5, 0.6) is 0 Å². The van der Waals surface area contributed by atoms with Crippen molar-refractivity contribution in [1.82, 2.24) is 9.78 Å². The van der Waals surface area contributed by atoms with Crippen molar-refractivity contribution < 1.29 is 4.79 Å². The Hall–Kier alpha value is -2.50. The number of hydrogen-bond donors (Lipinski definition) is 3. The largest absolute Gasteiger partial charge is 0.399 e. The van der Waals surface area contributed by atoms with Gasteiger partial charge in [-0.25, -0.2) is 0 Å². The van der Waals surface area contributed by atoms with Gasteiger partial charge in [0, 0.05) is 25.0 Å². The molecule has 88 valence electrons. The highest BCUT2D eigenvalue weighted by atomic mass is 16.1. The normalized spacial score (nSPS) is 10.2. The van der Waals surface area contributed by atoms with E-state index < -0.39 is 5.91 Å². The van der Waals surface area contributed by atoms with Gasteiger partial charge < -0.3 is 16.8 Å². The van der Waals surface area contributed by atoms with E-state index in [9.17, 15) is 4.79 Å². The van der Waals surface area contributed by atoms with Crippen LogP contribution in [0.4, 0.5) is 17.2 Å². The van der Waals surface area contributed by atoms with Crippen LogP contribution in [-0.4, -0.2) is 15.7 Å². The van der Waals surface area contributed by atoms with E-state index in [4.69, 9.17) is 11.5 Å². The van der Waals surface area contributed by atoms with Crippen LogP contribution in [-0.2, 0) is 7.05 Å². The Balaban J connectivity index is 2.37. The minimum Gasteiger partial charge on any atom is -0.399 e. The predicted molar refractivity (Wildman–Crippen MR) is 65.9 cm³/mol. The van der Waals surface area contributed by atoms with E-state index in [2.05, 4.69) is 10.4 Å². The van der Waals surface area contributed by atoms with E-state index in [0.717, 1.165) is 0 Å². The molecular formula is C11H13N5O. The summed E-state index contributed by atoms with van der Waals surface area (Å²) in [4.78, 5) is 11.2. The van der Waals surface area contributed by atoms with E-state index in [1.807, 2.05) is 0 Å². The lowest BCUT2D eigenvalue weighted by Crippen LogP contribution is -2.13. The molecule has 0 atom stereocenters. The molecule has 0 saturated carbocycles. The van der Waals surface area contributed by atoms with Crippen LogP contribution in [0.1, 0.15) is 10.4 Å². The zero-order valence-electron chi connectivity index (χ0n) is 9.34. The first-order valence-electron chi connectivity index (χ1n) is 5.02. The fourth-order valence-electron chi connectivity index (χ4n) is 1.50. The van der Waals surface area contributed by atoms with Gasteiger partial charge in [-0.05, 0) is 18.2 Å². The van der Waals surface area contributed by atoms with Crippen molar-refractivity contribution in [3.8, 4) is 0 Å². The number of carbonyl (C=O) groups excluding carboxylic acids is 1. The van der Waals surface area contributed by atoms with Gasteiger partial charge in [0.2, 0.25) is 0 Å². The molecule has 2 rings (SSSR count). The van der Waals surface area contributed by atoms with Gasteiger partial charge in [0.25, 0.3) is 5.91 Å². The van der Waals surface area contributed by atoms with Crippen molar-refractivity contribution in [2.45, 2.75) is 0 Å². The molecule has 0 fully saturated rings. The Morgan fingerprint density at radius 1 is 1.41 bits per heavy atom. The van der Waals surface area contributed by atoms with Crippen LogP contribution >= 0.6 is 0 Å². The van der Waals surface area contributed by atoms with E-state index in [1.54, 1.807) is 42.2 Å². The number of hydrogen-bond acceptors (Lipinski definition) is 4. The standard InChI is InChI=1S/C11H13N5O/c1-16-5-4-10(15-16)14-9-6-7(12)2-3-8(9)11(13)17/h2-6H,12H2,1H3,(H2,13,17)(H,14,15). The molecule has 0 saturated heterocycles. The van der Waals surface area contributed by atoms with Crippen molar-refractivity contribution in [3.05, 3.63) is 36.0 Å². The second kappa shape index (κ2) is 4.17. The van der Waals surface area contributed by atoms with E-state index in [0.29, 0.717) is 22.8 Å². The molecular weight excluding hydrogens is 218 g/mol. The molecule has 0 radical (unpaired) electrons. The summed E-state index contributed by atoms with van der Waals surface area (Å²) < 4.78 is 1.65. The van der Waals surface area contributed by atoms with Gasteiger partial charge in [0.15, 0.2) is 5.82 Å². The first-order valence-corrected chi connectivity index (χ1v) is 5.02. The Kier molecular flexibility index (Phi) is 2.70. The first kappa shape index (κ1) is 11.0. The molecule has 5 N–H and O–H groups in total. The van der Waals surface area contributed by atoms with Crippen LogP contribution in [0.15, 0.2) is 30.5 Å². The summed E-state index contributed by atoms with van der Waals surface area (Å²) in [7, 11) is 1.81. The summed E-state index contributed by atoms with van der Waals surface area (Å²) in [6.07, 6.45) is 1.79. The maximum Gasteiger partial charge on any atom is 0.250 e. The van der Waals surface area contributed by atoms with Gasteiger partial charge in [-0.3, -0.25) is 9.48 Å². The zero-order valence-corrected chi connectivity index (χ0v) is 9.34. The quantitative estimate of drug-likeness (QED) is 0.682. The highest BCUT2D eigenvalue weighted by Gasteiger charge is 2.09. The Bertz CT molecular complexity index is 561. The van der Waals surface area contributed by atoms with Gasteiger partial charge in [-0.15, -0.1) is 0 Å². The van der Waals surface area contributed by atoms with Gasteiger partial charge >= 0.3 is 0 Å². The average molecular weight is 231 g/mol.